The molecule has 0 bridgehead atoms. The molecule has 0 aliphatic carbocycles. The molecule has 0 aliphatic heterocycles. The van der Waals surface area contributed by atoms with Gasteiger partial charge in [-0.25, -0.2) is 28.3 Å². The Bertz CT molecular complexity index is 1310. The third-order valence-electron chi connectivity index (χ3n) is 4.16. The fourth-order valence-corrected chi connectivity index (χ4v) is 2.75. The number of carbonyl (C=O) groups excluding carboxylic acids is 1. The van der Waals surface area contributed by atoms with Crippen LogP contribution in [0.3, 0.4) is 0 Å². The summed E-state index contributed by atoms with van der Waals surface area (Å²) in [5.74, 6) is -1.69. The number of rotatable bonds is 3. The Morgan fingerprint density at radius 2 is 1.80 bits per heavy atom. The molecule has 1 aromatic heterocycles. The summed E-state index contributed by atoms with van der Waals surface area (Å²) >= 11 is 0. The fourth-order valence-electron chi connectivity index (χ4n) is 2.75. The first-order chi connectivity index (χ1) is 14.1. The van der Waals surface area contributed by atoms with E-state index in [1.165, 1.54) is 19.2 Å². The molecule has 3 rings (SSSR count). The monoisotopic (exact) mass is 421 g/mol. The molecule has 0 saturated heterocycles. The minimum Gasteiger partial charge on any atom is -0.355 e. The zero-order valence-corrected chi connectivity index (χ0v) is 15.0. The predicted molar refractivity (Wildman–Crippen MR) is 95.1 cm³/mol. The van der Waals surface area contributed by atoms with Crippen LogP contribution < -0.4 is 16.7 Å². The second kappa shape index (κ2) is 7.36. The zero-order valence-electron chi connectivity index (χ0n) is 15.0. The third kappa shape index (κ3) is 3.48. The van der Waals surface area contributed by atoms with Crippen LogP contribution in [0.1, 0.15) is 21.5 Å². The summed E-state index contributed by atoms with van der Waals surface area (Å²) in [5, 5.41) is 13.2. The first kappa shape index (κ1) is 20.6. The number of halogens is 4. The van der Waals surface area contributed by atoms with Crippen molar-refractivity contribution in [1.29, 1.82) is 5.26 Å². The molecule has 0 saturated carbocycles. The Hall–Kier alpha value is -4.14. The molecule has 0 atom stereocenters. The maximum absolute atomic E-state index is 14.2. The first-order valence-electron chi connectivity index (χ1n) is 8.16. The quantitative estimate of drug-likeness (QED) is 0.627. The van der Waals surface area contributed by atoms with Crippen LogP contribution in [0.2, 0.25) is 0 Å². The van der Waals surface area contributed by atoms with Gasteiger partial charge in [0.1, 0.15) is 5.82 Å². The molecule has 0 spiro atoms. The van der Waals surface area contributed by atoms with E-state index < -0.39 is 46.1 Å². The summed E-state index contributed by atoms with van der Waals surface area (Å²) in [7, 11) is 1.30. The molecule has 12 heteroatoms. The van der Waals surface area contributed by atoms with E-state index >= 15 is 0 Å². The molecule has 2 aromatic carbocycles. The van der Waals surface area contributed by atoms with Crippen LogP contribution in [0.4, 0.5) is 17.6 Å². The lowest BCUT2D eigenvalue weighted by molar-refractivity contribution is -0.137. The maximum Gasteiger partial charge on any atom is 0.417 e. The van der Waals surface area contributed by atoms with E-state index in [1.807, 2.05) is 0 Å². The minimum atomic E-state index is -4.89. The molecule has 1 amide bonds. The van der Waals surface area contributed by atoms with Gasteiger partial charge in [-0.05, 0) is 30.3 Å². The number of amides is 1. The minimum absolute atomic E-state index is 0.161. The van der Waals surface area contributed by atoms with Gasteiger partial charge in [0.15, 0.2) is 0 Å². The van der Waals surface area contributed by atoms with E-state index in [0.29, 0.717) is 15.3 Å². The van der Waals surface area contributed by atoms with Gasteiger partial charge < -0.3 is 5.32 Å². The Morgan fingerprint density at radius 1 is 1.13 bits per heavy atom. The lowest BCUT2D eigenvalue weighted by atomic mass is 10.1. The van der Waals surface area contributed by atoms with E-state index in [2.05, 4.69) is 10.4 Å². The van der Waals surface area contributed by atoms with Crippen molar-refractivity contribution in [2.24, 2.45) is 0 Å². The van der Waals surface area contributed by atoms with Crippen molar-refractivity contribution in [1.82, 2.24) is 19.7 Å². The maximum atomic E-state index is 14.2. The Morgan fingerprint density at radius 3 is 2.37 bits per heavy atom. The number of nitrogens with zero attached hydrogens (tertiary/aromatic N) is 3. The van der Waals surface area contributed by atoms with Crippen LogP contribution in [-0.2, 0) is 6.18 Å². The first-order valence-corrected chi connectivity index (χ1v) is 8.16. The Balaban J connectivity index is 2.16. The van der Waals surface area contributed by atoms with Gasteiger partial charge in [0, 0.05) is 13.1 Å². The van der Waals surface area contributed by atoms with Gasteiger partial charge in [-0.2, -0.15) is 18.4 Å². The molecule has 30 heavy (non-hydrogen) atoms. The number of nitriles is 1. The van der Waals surface area contributed by atoms with Crippen LogP contribution in [0, 0.1) is 17.1 Å². The number of H-pyrrole nitrogens is 1. The summed E-state index contributed by atoms with van der Waals surface area (Å²) in [6, 6.07) is 6.79. The van der Waals surface area contributed by atoms with E-state index in [1.54, 1.807) is 0 Å². The Kier molecular flexibility index (Phi) is 5.05. The number of nitrogens with one attached hydrogen (secondary N) is 2. The summed E-state index contributed by atoms with van der Waals surface area (Å²) < 4.78 is 54.7. The SMILES string of the molecule is CNC(=O)c1ccc(-n2[nH]c(=O)n(-c3ccc(C#N)c(C(F)(F)F)c3)c2=O)cc1F. The lowest BCUT2D eigenvalue weighted by Crippen LogP contribution is -2.27. The zero-order chi connectivity index (χ0) is 22.2. The van der Waals surface area contributed by atoms with E-state index in [-0.39, 0.29) is 11.3 Å². The van der Waals surface area contributed by atoms with Crippen molar-refractivity contribution in [3.8, 4) is 17.4 Å². The molecule has 1 heterocycles. The molecule has 8 nitrogen and oxygen atoms in total. The van der Waals surface area contributed by atoms with Crippen molar-refractivity contribution in [2.75, 3.05) is 7.05 Å². The largest absolute Gasteiger partial charge is 0.417 e. The number of hydrogen-bond donors (Lipinski definition) is 2. The topological polar surface area (TPSA) is 113 Å². The molecule has 0 aliphatic rings. The van der Waals surface area contributed by atoms with Gasteiger partial charge in [0.2, 0.25) is 0 Å². The summed E-state index contributed by atoms with van der Waals surface area (Å²) in [6.07, 6.45) is -4.89. The summed E-state index contributed by atoms with van der Waals surface area (Å²) in [6.45, 7) is 0. The molecular formula is C18H11F4N5O3. The molecule has 2 N–H and O–H groups in total. The molecule has 0 fully saturated rings. The average molecular weight is 421 g/mol. The molecule has 0 radical (unpaired) electrons. The van der Waals surface area contributed by atoms with E-state index in [9.17, 15) is 31.9 Å². The van der Waals surface area contributed by atoms with Crippen molar-refractivity contribution in [3.63, 3.8) is 0 Å². The van der Waals surface area contributed by atoms with Crippen LogP contribution in [-0.4, -0.2) is 27.3 Å². The third-order valence-corrected chi connectivity index (χ3v) is 4.16. The van der Waals surface area contributed by atoms with Crippen molar-refractivity contribution >= 4 is 5.91 Å². The normalized spacial score (nSPS) is 11.2. The summed E-state index contributed by atoms with van der Waals surface area (Å²) in [5.41, 5.74) is -5.10. The number of aromatic amines is 1. The number of hydrogen-bond acceptors (Lipinski definition) is 4. The number of alkyl halides is 3. The number of benzene rings is 2. The molecular weight excluding hydrogens is 410 g/mol. The van der Waals surface area contributed by atoms with Crippen LogP contribution in [0.15, 0.2) is 46.0 Å². The van der Waals surface area contributed by atoms with Gasteiger partial charge in [-0.1, -0.05) is 0 Å². The van der Waals surface area contributed by atoms with Crippen molar-refractivity contribution in [3.05, 3.63) is 79.9 Å². The van der Waals surface area contributed by atoms with Crippen LogP contribution in [0.25, 0.3) is 11.4 Å². The van der Waals surface area contributed by atoms with Crippen LogP contribution >= 0.6 is 0 Å². The highest BCUT2D eigenvalue weighted by molar-refractivity contribution is 5.94. The average Bonchev–Trinajstić information content (AvgIpc) is 3.00. The number of carbonyl (C=O) groups is 1. The van der Waals surface area contributed by atoms with Crippen molar-refractivity contribution < 1.29 is 22.4 Å². The van der Waals surface area contributed by atoms with Crippen molar-refractivity contribution in [2.45, 2.75) is 6.18 Å². The van der Waals surface area contributed by atoms with E-state index in [4.69, 9.17) is 5.26 Å². The number of aromatic nitrogens is 3. The molecule has 3 aromatic rings. The van der Waals surface area contributed by atoms with Crippen LogP contribution in [0.5, 0.6) is 0 Å². The fraction of sp³-hybridized carbons (Fsp3) is 0.111. The van der Waals surface area contributed by atoms with E-state index in [0.717, 1.165) is 24.3 Å². The Labute approximate surface area is 164 Å². The highest BCUT2D eigenvalue weighted by Gasteiger charge is 2.34. The van der Waals surface area contributed by atoms with Gasteiger partial charge in [0.25, 0.3) is 5.91 Å². The summed E-state index contributed by atoms with van der Waals surface area (Å²) in [4.78, 5) is 36.4. The van der Waals surface area contributed by atoms with Gasteiger partial charge in [-0.15, -0.1) is 0 Å². The second-order valence-electron chi connectivity index (χ2n) is 5.95. The predicted octanol–water partition coefficient (Wildman–Crippen LogP) is 1.71. The highest BCUT2D eigenvalue weighted by atomic mass is 19.4. The van der Waals surface area contributed by atoms with Gasteiger partial charge in [0.05, 0.1) is 34.1 Å². The van der Waals surface area contributed by atoms with Gasteiger partial charge >= 0.3 is 17.6 Å². The molecule has 154 valence electrons. The lowest BCUT2D eigenvalue weighted by Gasteiger charge is -2.10. The standard InChI is InChI=1S/C18H11F4N5O3/c1-24-15(28)12-5-4-11(7-14(12)19)27-17(30)26(16(29)25-27)10-3-2-9(8-23)13(6-10)18(20,21)22/h2-7H,1H3,(H,24,28)(H,25,29). The molecule has 0 unspecified atom stereocenters. The highest BCUT2D eigenvalue weighted by Crippen LogP contribution is 2.32. The smallest absolute Gasteiger partial charge is 0.355 e. The second-order valence-corrected chi connectivity index (χ2v) is 5.95. The van der Waals surface area contributed by atoms with Gasteiger partial charge in [-0.3, -0.25) is 4.79 Å².